The van der Waals surface area contributed by atoms with Crippen LogP contribution in [-0.2, 0) is 4.79 Å². The summed E-state index contributed by atoms with van der Waals surface area (Å²) in [5.74, 6) is 0.719. The maximum absolute atomic E-state index is 11.4. The van der Waals surface area contributed by atoms with E-state index in [1.54, 1.807) is 7.05 Å². The maximum atomic E-state index is 11.4. The number of piperazine rings is 1. The molecule has 3 N–H and O–H groups in total. The molecule has 5 nitrogen and oxygen atoms in total. The van der Waals surface area contributed by atoms with Crippen molar-refractivity contribution in [3.63, 3.8) is 0 Å². The van der Waals surface area contributed by atoms with Gasteiger partial charge in [0.2, 0.25) is 5.91 Å². The second-order valence-electron chi connectivity index (χ2n) is 6.28. The van der Waals surface area contributed by atoms with Crippen molar-refractivity contribution in [3.8, 4) is 0 Å². The molecule has 5 heteroatoms. The average molecular weight is 268 g/mol. The SMILES string of the molecule is CNC(C)(CCN1CCN(CC2CC2)CC1)C(N)=O. The van der Waals surface area contributed by atoms with Crippen LogP contribution in [0.25, 0.3) is 0 Å². The van der Waals surface area contributed by atoms with E-state index in [-0.39, 0.29) is 5.91 Å². The molecule has 19 heavy (non-hydrogen) atoms. The number of nitrogens with one attached hydrogen (secondary N) is 1. The van der Waals surface area contributed by atoms with Crippen molar-refractivity contribution in [1.29, 1.82) is 0 Å². The van der Waals surface area contributed by atoms with Crippen molar-refractivity contribution in [3.05, 3.63) is 0 Å². The quantitative estimate of drug-likeness (QED) is 0.675. The smallest absolute Gasteiger partial charge is 0.237 e. The summed E-state index contributed by atoms with van der Waals surface area (Å²) in [6.45, 7) is 8.70. The van der Waals surface area contributed by atoms with E-state index < -0.39 is 5.54 Å². The number of carbonyl (C=O) groups excluding carboxylic acids is 1. The molecule has 2 fully saturated rings. The van der Waals surface area contributed by atoms with Crippen LogP contribution in [0, 0.1) is 5.92 Å². The summed E-state index contributed by atoms with van der Waals surface area (Å²) < 4.78 is 0. The first-order valence-electron chi connectivity index (χ1n) is 7.47. The minimum atomic E-state index is -0.578. The van der Waals surface area contributed by atoms with Gasteiger partial charge in [0.25, 0.3) is 0 Å². The van der Waals surface area contributed by atoms with E-state index in [0.717, 1.165) is 32.0 Å². The van der Waals surface area contributed by atoms with Gasteiger partial charge in [-0.05, 0) is 39.2 Å². The van der Waals surface area contributed by atoms with Gasteiger partial charge in [-0.3, -0.25) is 4.79 Å². The third-order valence-electron chi connectivity index (χ3n) is 4.70. The van der Waals surface area contributed by atoms with Gasteiger partial charge in [-0.25, -0.2) is 0 Å². The minimum absolute atomic E-state index is 0.262. The lowest BCUT2D eigenvalue weighted by Crippen LogP contribution is -2.54. The lowest BCUT2D eigenvalue weighted by atomic mass is 9.97. The largest absolute Gasteiger partial charge is 0.368 e. The molecule has 2 aliphatic rings. The number of nitrogens with two attached hydrogens (primary N) is 1. The van der Waals surface area contributed by atoms with Crippen LogP contribution in [0.1, 0.15) is 26.2 Å². The van der Waals surface area contributed by atoms with Crippen molar-refractivity contribution in [1.82, 2.24) is 15.1 Å². The van der Waals surface area contributed by atoms with Crippen LogP contribution in [0.5, 0.6) is 0 Å². The molecule has 0 bridgehead atoms. The second-order valence-corrected chi connectivity index (χ2v) is 6.28. The van der Waals surface area contributed by atoms with E-state index in [4.69, 9.17) is 5.73 Å². The molecule has 1 aliphatic heterocycles. The molecule has 110 valence electrons. The van der Waals surface area contributed by atoms with Crippen molar-refractivity contribution in [2.75, 3.05) is 46.3 Å². The van der Waals surface area contributed by atoms with Gasteiger partial charge in [-0.1, -0.05) is 0 Å². The Morgan fingerprint density at radius 1 is 1.26 bits per heavy atom. The molecule has 1 heterocycles. The molecule has 0 aromatic rings. The summed E-state index contributed by atoms with van der Waals surface area (Å²) in [4.78, 5) is 16.5. The first kappa shape index (κ1) is 14.8. The van der Waals surface area contributed by atoms with Crippen LogP contribution in [0.15, 0.2) is 0 Å². The lowest BCUT2D eigenvalue weighted by Gasteiger charge is -2.36. The van der Waals surface area contributed by atoms with Gasteiger partial charge in [-0.15, -0.1) is 0 Å². The van der Waals surface area contributed by atoms with E-state index in [9.17, 15) is 4.79 Å². The molecule has 0 aromatic heterocycles. The van der Waals surface area contributed by atoms with E-state index in [1.807, 2.05) is 6.92 Å². The Kier molecular flexibility index (Phi) is 4.81. The van der Waals surface area contributed by atoms with Crippen molar-refractivity contribution >= 4 is 5.91 Å². The topological polar surface area (TPSA) is 61.6 Å². The zero-order chi connectivity index (χ0) is 13.9. The molecule has 1 saturated heterocycles. The normalized spacial score (nSPS) is 25.2. The van der Waals surface area contributed by atoms with Crippen LogP contribution >= 0.6 is 0 Å². The van der Waals surface area contributed by atoms with Gasteiger partial charge < -0.3 is 20.9 Å². The number of nitrogens with zero attached hydrogens (tertiary/aromatic N) is 2. The molecular weight excluding hydrogens is 240 g/mol. The Bertz CT molecular complexity index is 311. The summed E-state index contributed by atoms with van der Waals surface area (Å²) in [6.07, 6.45) is 3.64. The second kappa shape index (κ2) is 6.20. The number of likely N-dealkylation sites (N-methyl/N-ethyl adjacent to an activating group) is 1. The minimum Gasteiger partial charge on any atom is -0.368 e. The number of amides is 1. The van der Waals surface area contributed by atoms with E-state index in [2.05, 4.69) is 15.1 Å². The van der Waals surface area contributed by atoms with E-state index in [1.165, 1.54) is 32.5 Å². The molecule has 1 atom stereocenters. The summed E-state index contributed by atoms with van der Waals surface area (Å²) >= 11 is 0. The fraction of sp³-hybridized carbons (Fsp3) is 0.929. The molecule has 1 saturated carbocycles. The highest BCUT2D eigenvalue weighted by Crippen LogP contribution is 2.29. The molecule has 0 radical (unpaired) electrons. The zero-order valence-electron chi connectivity index (χ0n) is 12.3. The number of hydrogen-bond acceptors (Lipinski definition) is 4. The first-order valence-corrected chi connectivity index (χ1v) is 7.47. The number of primary amides is 1. The fourth-order valence-corrected chi connectivity index (χ4v) is 2.61. The molecule has 2 rings (SSSR count). The van der Waals surface area contributed by atoms with Crippen LogP contribution < -0.4 is 11.1 Å². The maximum Gasteiger partial charge on any atom is 0.237 e. The van der Waals surface area contributed by atoms with Gasteiger partial charge in [0.1, 0.15) is 0 Å². The van der Waals surface area contributed by atoms with Gasteiger partial charge in [0.05, 0.1) is 5.54 Å². The van der Waals surface area contributed by atoms with Crippen molar-refractivity contribution in [2.24, 2.45) is 11.7 Å². The summed E-state index contributed by atoms with van der Waals surface area (Å²) in [5.41, 5.74) is 4.87. The van der Waals surface area contributed by atoms with Crippen LogP contribution in [0.4, 0.5) is 0 Å². The Morgan fingerprint density at radius 2 is 1.84 bits per heavy atom. The molecule has 1 unspecified atom stereocenters. The molecule has 1 amide bonds. The Balaban J connectivity index is 1.68. The zero-order valence-corrected chi connectivity index (χ0v) is 12.3. The predicted octanol–water partition coefficient (Wildman–Crippen LogP) is -0.132. The highest BCUT2D eigenvalue weighted by Gasteiger charge is 2.30. The number of rotatable bonds is 7. The number of carbonyl (C=O) groups is 1. The third kappa shape index (κ3) is 4.16. The molecule has 0 aromatic carbocycles. The van der Waals surface area contributed by atoms with Gasteiger partial charge >= 0.3 is 0 Å². The van der Waals surface area contributed by atoms with Crippen molar-refractivity contribution < 1.29 is 4.79 Å². The summed E-state index contributed by atoms with van der Waals surface area (Å²) in [7, 11) is 1.80. The van der Waals surface area contributed by atoms with Crippen LogP contribution in [-0.4, -0.2) is 67.6 Å². The lowest BCUT2D eigenvalue weighted by molar-refractivity contribution is -0.124. The first-order chi connectivity index (χ1) is 9.03. The summed E-state index contributed by atoms with van der Waals surface area (Å²) in [6, 6.07) is 0. The molecule has 1 aliphatic carbocycles. The van der Waals surface area contributed by atoms with E-state index >= 15 is 0 Å². The van der Waals surface area contributed by atoms with Crippen LogP contribution in [0.3, 0.4) is 0 Å². The van der Waals surface area contributed by atoms with Gasteiger partial charge in [0, 0.05) is 39.3 Å². The number of hydrogen-bond donors (Lipinski definition) is 2. The predicted molar refractivity (Wildman–Crippen MR) is 76.9 cm³/mol. The summed E-state index contributed by atoms with van der Waals surface area (Å²) in [5, 5.41) is 3.05. The van der Waals surface area contributed by atoms with Gasteiger partial charge in [0.15, 0.2) is 0 Å². The Labute approximate surface area is 116 Å². The Hall–Kier alpha value is -0.650. The monoisotopic (exact) mass is 268 g/mol. The van der Waals surface area contributed by atoms with Crippen molar-refractivity contribution in [2.45, 2.75) is 31.7 Å². The standard InChI is InChI=1S/C14H28N4O/c1-14(16-2,13(15)19)5-6-17-7-9-18(10-8-17)11-12-3-4-12/h12,16H,3-11H2,1-2H3,(H2,15,19). The average Bonchev–Trinajstić information content (AvgIpc) is 3.21. The van der Waals surface area contributed by atoms with Gasteiger partial charge in [-0.2, -0.15) is 0 Å². The highest BCUT2D eigenvalue weighted by molar-refractivity contribution is 5.84. The fourth-order valence-electron chi connectivity index (χ4n) is 2.61. The highest BCUT2D eigenvalue weighted by atomic mass is 16.1. The third-order valence-corrected chi connectivity index (χ3v) is 4.70. The molecule has 0 spiro atoms. The van der Waals surface area contributed by atoms with E-state index in [0.29, 0.717) is 0 Å². The van der Waals surface area contributed by atoms with Crippen LogP contribution in [0.2, 0.25) is 0 Å². The Morgan fingerprint density at radius 3 is 2.32 bits per heavy atom. The molecular formula is C14H28N4O.